The van der Waals surface area contributed by atoms with Crippen LogP contribution in [0.2, 0.25) is 0 Å². The molecule has 0 aromatic heterocycles. The Bertz CT molecular complexity index is 283. The Hall–Kier alpha value is -0.650. The maximum atomic E-state index is 11.6. The number of aliphatic carboxylic acids is 1. The third-order valence-electron chi connectivity index (χ3n) is 3.47. The minimum atomic E-state index is -0.831. The molecule has 1 rings (SSSR count). The Morgan fingerprint density at radius 2 is 2.21 bits per heavy atom. The zero-order chi connectivity index (χ0) is 14.3. The Labute approximate surface area is 115 Å². The average molecular weight is 273 g/mol. The van der Waals surface area contributed by atoms with Gasteiger partial charge in [0, 0.05) is 19.1 Å². The van der Waals surface area contributed by atoms with Crippen LogP contribution in [-0.4, -0.2) is 48.6 Å². The van der Waals surface area contributed by atoms with Gasteiger partial charge in [0.1, 0.15) is 5.54 Å². The summed E-state index contributed by atoms with van der Waals surface area (Å²) in [6.07, 6.45) is 3.03. The van der Waals surface area contributed by atoms with E-state index in [-0.39, 0.29) is 12.1 Å². The Morgan fingerprint density at radius 3 is 2.79 bits per heavy atom. The van der Waals surface area contributed by atoms with Crippen molar-refractivity contribution in [3.63, 3.8) is 0 Å². The van der Waals surface area contributed by atoms with Gasteiger partial charge < -0.3 is 14.6 Å². The van der Waals surface area contributed by atoms with Crippen molar-refractivity contribution in [1.29, 1.82) is 0 Å². The van der Waals surface area contributed by atoms with Crippen molar-refractivity contribution in [1.82, 2.24) is 5.32 Å². The zero-order valence-electron chi connectivity index (χ0n) is 12.3. The van der Waals surface area contributed by atoms with Crippen LogP contribution in [0.1, 0.15) is 46.5 Å². The van der Waals surface area contributed by atoms with Crippen LogP contribution in [0, 0.1) is 0 Å². The SMILES string of the molecule is CCOCCOC1CCCC(NC(C)C)(C(=O)O)C1. The molecule has 0 amide bonds. The van der Waals surface area contributed by atoms with E-state index in [4.69, 9.17) is 9.47 Å². The fraction of sp³-hybridized carbons (Fsp3) is 0.929. The highest BCUT2D eigenvalue weighted by atomic mass is 16.5. The second-order valence-corrected chi connectivity index (χ2v) is 5.47. The molecule has 1 saturated carbocycles. The van der Waals surface area contributed by atoms with Crippen molar-refractivity contribution in [2.75, 3.05) is 19.8 Å². The molecule has 1 aliphatic rings. The lowest BCUT2D eigenvalue weighted by molar-refractivity contribution is -0.149. The molecular formula is C14H27NO4. The third kappa shape index (κ3) is 5.09. The topological polar surface area (TPSA) is 67.8 Å². The van der Waals surface area contributed by atoms with E-state index >= 15 is 0 Å². The van der Waals surface area contributed by atoms with Crippen molar-refractivity contribution in [2.24, 2.45) is 0 Å². The summed E-state index contributed by atoms with van der Waals surface area (Å²) in [5.41, 5.74) is -0.831. The van der Waals surface area contributed by atoms with E-state index in [1.165, 1.54) is 0 Å². The van der Waals surface area contributed by atoms with Gasteiger partial charge in [-0.25, -0.2) is 0 Å². The number of carboxylic acids is 1. The predicted octanol–water partition coefficient (Wildman–Crippen LogP) is 1.80. The highest BCUT2D eigenvalue weighted by Crippen LogP contribution is 2.31. The minimum absolute atomic E-state index is 0.0107. The van der Waals surface area contributed by atoms with Gasteiger partial charge in [-0.2, -0.15) is 0 Å². The van der Waals surface area contributed by atoms with E-state index in [9.17, 15) is 9.90 Å². The lowest BCUT2D eigenvalue weighted by Crippen LogP contribution is -2.58. The predicted molar refractivity (Wildman–Crippen MR) is 73.3 cm³/mol. The van der Waals surface area contributed by atoms with Gasteiger partial charge in [-0.1, -0.05) is 0 Å². The first-order valence-corrected chi connectivity index (χ1v) is 7.20. The molecule has 0 saturated heterocycles. The van der Waals surface area contributed by atoms with E-state index in [2.05, 4.69) is 5.32 Å². The molecule has 5 heteroatoms. The van der Waals surface area contributed by atoms with Gasteiger partial charge in [0.25, 0.3) is 0 Å². The third-order valence-corrected chi connectivity index (χ3v) is 3.47. The number of nitrogens with one attached hydrogen (secondary N) is 1. The van der Waals surface area contributed by atoms with E-state index in [1.54, 1.807) is 0 Å². The van der Waals surface area contributed by atoms with Gasteiger partial charge in [-0.05, 0) is 40.0 Å². The summed E-state index contributed by atoms with van der Waals surface area (Å²) in [7, 11) is 0. The van der Waals surface area contributed by atoms with E-state index in [0.717, 1.165) is 12.8 Å². The fourth-order valence-electron chi connectivity index (χ4n) is 2.72. The second kappa shape index (κ2) is 7.82. The normalized spacial score (nSPS) is 27.7. The molecular weight excluding hydrogens is 246 g/mol. The Morgan fingerprint density at radius 1 is 1.47 bits per heavy atom. The fourth-order valence-corrected chi connectivity index (χ4v) is 2.72. The van der Waals surface area contributed by atoms with Crippen LogP contribution >= 0.6 is 0 Å². The summed E-state index contributed by atoms with van der Waals surface area (Å²) in [6, 6.07) is 0.151. The number of carboxylic acid groups (broad SMARTS) is 1. The van der Waals surface area contributed by atoms with Crippen molar-refractivity contribution < 1.29 is 19.4 Å². The molecule has 0 aromatic rings. The van der Waals surface area contributed by atoms with Crippen molar-refractivity contribution in [3.8, 4) is 0 Å². The largest absolute Gasteiger partial charge is 0.480 e. The zero-order valence-corrected chi connectivity index (χ0v) is 12.3. The molecule has 1 aliphatic carbocycles. The molecule has 5 nitrogen and oxygen atoms in total. The minimum Gasteiger partial charge on any atom is -0.480 e. The summed E-state index contributed by atoms with van der Waals surface area (Å²) in [5.74, 6) is -0.765. The first-order valence-electron chi connectivity index (χ1n) is 7.20. The van der Waals surface area contributed by atoms with Gasteiger partial charge in [0.2, 0.25) is 0 Å². The highest BCUT2D eigenvalue weighted by molar-refractivity contribution is 5.79. The molecule has 0 heterocycles. The Kier molecular flexibility index (Phi) is 6.75. The number of ether oxygens (including phenoxy) is 2. The molecule has 0 bridgehead atoms. The maximum Gasteiger partial charge on any atom is 0.324 e. The molecule has 0 radical (unpaired) electrons. The van der Waals surface area contributed by atoms with Crippen LogP contribution in [0.5, 0.6) is 0 Å². The van der Waals surface area contributed by atoms with Crippen molar-refractivity contribution in [2.45, 2.75) is 64.1 Å². The summed E-state index contributed by atoms with van der Waals surface area (Å²) < 4.78 is 11.0. The van der Waals surface area contributed by atoms with Crippen LogP contribution in [0.15, 0.2) is 0 Å². The summed E-state index contributed by atoms with van der Waals surface area (Å²) in [6.45, 7) is 7.69. The average Bonchev–Trinajstić information content (AvgIpc) is 2.34. The summed E-state index contributed by atoms with van der Waals surface area (Å²) in [5, 5.41) is 12.7. The van der Waals surface area contributed by atoms with Gasteiger partial charge in [-0.3, -0.25) is 10.1 Å². The highest BCUT2D eigenvalue weighted by Gasteiger charge is 2.43. The lowest BCUT2D eigenvalue weighted by atomic mass is 9.79. The number of hydrogen-bond donors (Lipinski definition) is 2. The molecule has 112 valence electrons. The molecule has 0 spiro atoms. The van der Waals surface area contributed by atoms with Crippen LogP contribution < -0.4 is 5.32 Å². The molecule has 2 N–H and O–H groups in total. The number of carbonyl (C=O) groups is 1. The maximum absolute atomic E-state index is 11.6. The Balaban J connectivity index is 2.51. The van der Waals surface area contributed by atoms with Gasteiger partial charge in [0.15, 0.2) is 0 Å². The van der Waals surface area contributed by atoms with Crippen LogP contribution in [0.25, 0.3) is 0 Å². The molecule has 19 heavy (non-hydrogen) atoms. The molecule has 2 unspecified atom stereocenters. The first kappa shape index (κ1) is 16.4. The monoisotopic (exact) mass is 273 g/mol. The number of rotatable bonds is 8. The quantitative estimate of drug-likeness (QED) is 0.660. The van der Waals surface area contributed by atoms with Crippen LogP contribution in [0.4, 0.5) is 0 Å². The van der Waals surface area contributed by atoms with Crippen LogP contribution in [0.3, 0.4) is 0 Å². The second-order valence-electron chi connectivity index (χ2n) is 5.47. The van der Waals surface area contributed by atoms with Crippen LogP contribution in [-0.2, 0) is 14.3 Å². The lowest BCUT2D eigenvalue weighted by Gasteiger charge is -2.39. The number of hydrogen-bond acceptors (Lipinski definition) is 4. The van der Waals surface area contributed by atoms with E-state index < -0.39 is 11.5 Å². The molecule has 1 fully saturated rings. The first-order chi connectivity index (χ1) is 9.00. The standard InChI is InChI=1S/C14H27NO4/c1-4-18-8-9-19-12-6-5-7-14(10-12,13(16)17)15-11(2)3/h11-12,15H,4-10H2,1-3H3,(H,16,17). The summed E-state index contributed by atoms with van der Waals surface area (Å²) >= 11 is 0. The van der Waals surface area contributed by atoms with Gasteiger partial charge in [0.05, 0.1) is 19.3 Å². The van der Waals surface area contributed by atoms with E-state index in [1.807, 2.05) is 20.8 Å². The van der Waals surface area contributed by atoms with Gasteiger partial charge in [-0.15, -0.1) is 0 Å². The van der Waals surface area contributed by atoms with Crippen molar-refractivity contribution >= 4 is 5.97 Å². The van der Waals surface area contributed by atoms with Gasteiger partial charge >= 0.3 is 5.97 Å². The molecule has 2 atom stereocenters. The smallest absolute Gasteiger partial charge is 0.324 e. The summed E-state index contributed by atoms with van der Waals surface area (Å²) in [4.78, 5) is 11.6. The molecule has 0 aliphatic heterocycles. The molecule has 0 aromatic carbocycles. The van der Waals surface area contributed by atoms with Crippen molar-refractivity contribution in [3.05, 3.63) is 0 Å². The van der Waals surface area contributed by atoms with E-state index in [0.29, 0.717) is 32.7 Å².